The van der Waals surface area contributed by atoms with Crippen molar-refractivity contribution in [1.29, 1.82) is 0 Å². The zero-order valence-electron chi connectivity index (χ0n) is 31.1. The van der Waals surface area contributed by atoms with E-state index in [4.69, 9.17) is 8.83 Å². The van der Waals surface area contributed by atoms with Crippen LogP contribution in [0.15, 0.2) is 191 Å². The molecule has 0 fully saturated rings. The lowest BCUT2D eigenvalue weighted by Crippen LogP contribution is -1.90. The van der Waals surface area contributed by atoms with Crippen LogP contribution in [0, 0.1) is 0 Å². The minimum Gasteiger partial charge on any atom is -0.455 e. The van der Waals surface area contributed by atoms with Gasteiger partial charge in [-0.2, -0.15) is 0 Å². The summed E-state index contributed by atoms with van der Waals surface area (Å²) >= 11 is 0. The van der Waals surface area contributed by atoms with Crippen LogP contribution in [0.5, 0.6) is 0 Å². The van der Waals surface area contributed by atoms with Crippen molar-refractivity contribution in [2.45, 2.75) is 0 Å². The molecule has 0 saturated heterocycles. The highest BCUT2D eigenvalue weighted by Crippen LogP contribution is 2.49. The van der Waals surface area contributed by atoms with Crippen molar-refractivity contribution >= 4 is 119 Å². The van der Waals surface area contributed by atoms with E-state index in [-0.39, 0.29) is 0 Å². The van der Waals surface area contributed by atoms with Crippen LogP contribution in [0.4, 0.5) is 0 Å². The van der Waals surface area contributed by atoms with Crippen molar-refractivity contribution in [1.82, 2.24) is 0 Å². The number of fused-ring (bicyclic) bond motifs is 12. The number of benzene rings is 12. The fraction of sp³-hybridized carbons (Fsp3) is 0. The van der Waals surface area contributed by atoms with E-state index >= 15 is 0 Å². The SMILES string of the molecule is c1ccc2cc3c(cc2c1)oc1c(-c2ccc4ccc5c(-c6cc7ccccc7c7c6oc6cc8ccccc8cc67)ccc6ccc2c4c65)cc2ccccc2c13. The van der Waals surface area contributed by atoms with Crippen molar-refractivity contribution in [3.05, 3.63) is 182 Å². The summed E-state index contributed by atoms with van der Waals surface area (Å²) < 4.78 is 13.9. The molecular weight excluding hydrogens is 705 g/mol. The standard InChI is InChI=1S/C56H30O2/c1-3-11-35-29-49-47(25-33(35)9-1)53-39-15-7-5-13-37(39)27-45(55(53)57-49)41-21-17-31-20-24-44-42(22-18-32-19-23-43(41)51(31)52(32)44)46-28-38-14-6-8-16-40(38)54-48-26-34-10-2-4-12-36(34)30-50(48)58-56(46)54/h1-30H. The van der Waals surface area contributed by atoms with Gasteiger partial charge in [-0.3, -0.25) is 0 Å². The second-order valence-corrected chi connectivity index (χ2v) is 15.9. The Balaban J connectivity index is 1.07. The van der Waals surface area contributed by atoms with Gasteiger partial charge in [-0.25, -0.2) is 0 Å². The van der Waals surface area contributed by atoms with Crippen LogP contribution in [-0.4, -0.2) is 0 Å². The Labute approximate surface area is 331 Å². The minimum absolute atomic E-state index is 0.911. The van der Waals surface area contributed by atoms with E-state index in [2.05, 4.69) is 182 Å². The van der Waals surface area contributed by atoms with E-state index in [1.165, 1.54) is 97.3 Å². The van der Waals surface area contributed by atoms with Gasteiger partial charge in [0, 0.05) is 32.7 Å². The minimum atomic E-state index is 0.911. The zero-order chi connectivity index (χ0) is 37.6. The average Bonchev–Trinajstić information content (AvgIpc) is 3.84. The van der Waals surface area contributed by atoms with Gasteiger partial charge in [0.25, 0.3) is 0 Å². The lowest BCUT2D eigenvalue weighted by Gasteiger charge is -2.17. The smallest absolute Gasteiger partial charge is 0.143 e. The first kappa shape index (κ1) is 30.5. The average molecular weight is 735 g/mol. The molecule has 0 spiro atoms. The van der Waals surface area contributed by atoms with Gasteiger partial charge in [-0.1, -0.05) is 146 Å². The molecule has 0 aliphatic carbocycles. The third-order valence-corrected chi connectivity index (χ3v) is 12.9. The number of rotatable bonds is 2. The van der Waals surface area contributed by atoms with E-state index in [0.717, 1.165) is 44.2 Å². The van der Waals surface area contributed by atoms with Crippen LogP contribution in [0.2, 0.25) is 0 Å². The summed E-state index contributed by atoms with van der Waals surface area (Å²) in [6.45, 7) is 0. The van der Waals surface area contributed by atoms with Crippen molar-refractivity contribution < 1.29 is 8.83 Å². The van der Waals surface area contributed by atoms with Crippen molar-refractivity contribution in [3.63, 3.8) is 0 Å². The molecule has 0 amide bonds. The van der Waals surface area contributed by atoms with E-state index < -0.39 is 0 Å². The second-order valence-electron chi connectivity index (χ2n) is 15.9. The van der Waals surface area contributed by atoms with Gasteiger partial charge in [0.1, 0.15) is 22.3 Å². The second kappa shape index (κ2) is 11.0. The summed E-state index contributed by atoms with van der Waals surface area (Å²) in [5.41, 5.74) is 8.24. The molecule has 0 aliphatic rings. The van der Waals surface area contributed by atoms with E-state index in [9.17, 15) is 0 Å². The largest absolute Gasteiger partial charge is 0.455 e. The van der Waals surface area contributed by atoms with Crippen LogP contribution < -0.4 is 0 Å². The quantitative estimate of drug-likeness (QED) is 0.165. The van der Waals surface area contributed by atoms with E-state index in [1.54, 1.807) is 0 Å². The zero-order valence-corrected chi connectivity index (χ0v) is 31.1. The molecule has 0 N–H and O–H groups in total. The lowest BCUT2D eigenvalue weighted by atomic mass is 9.86. The van der Waals surface area contributed by atoms with Gasteiger partial charge < -0.3 is 8.83 Å². The number of hydrogen-bond donors (Lipinski definition) is 0. The number of hydrogen-bond acceptors (Lipinski definition) is 2. The molecule has 14 aromatic rings. The summed E-state index contributed by atoms with van der Waals surface area (Å²) in [5.74, 6) is 0. The first-order valence-electron chi connectivity index (χ1n) is 20.0. The van der Waals surface area contributed by atoms with Gasteiger partial charge in [0.05, 0.1) is 0 Å². The molecule has 0 unspecified atom stereocenters. The van der Waals surface area contributed by atoms with Gasteiger partial charge in [-0.15, -0.1) is 0 Å². The summed E-state index contributed by atoms with van der Waals surface area (Å²) in [5, 5.41) is 21.6. The molecule has 0 bridgehead atoms. The number of furan rings is 2. The summed E-state index contributed by atoms with van der Waals surface area (Å²) in [6, 6.07) is 66.6. The van der Waals surface area contributed by atoms with Gasteiger partial charge in [0.15, 0.2) is 0 Å². The summed E-state index contributed by atoms with van der Waals surface area (Å²) in [6.07, 6.45) is 0. The molecule has 14 rings (SSSR count). The fourth-order valence-electron chi connectivity index (χ4n) is 10.3. The third-order valence-electron chi connectivity index (χ3n) is 12.9. The Kier molecular flexibility index (Phi) is 5.79. The predicted octanol–water partition coefficient (Wildman–Crippen LogP) is 16.3. The van der Waals surface area contributed by atoms with Crippen molar-refractivity contribution in [2.24, 2.45) is 0 Å². The molecule has 0 saturated carbocycles. The van der Waals surface area contributed by atoms with Crippen molar-refractivity contribution in [2.75, 3.05) is 0 Å². The Morgan fingerprint density at radius 3 is 1.05 bits per heavy atom. The van der Waals surface area contributed by atoms with Crippen LogP contribution in [0.3, 0.4) is 0 Å². The van der Waals surface area contributed by atoms with Crippen LogP contribution >= 0.6 is 0 Å². The Hall–Kier alpha value is -7.68. The lowest BCUT2D eigenvalue weighted by molar-refractivity contribution is 0.670. The van der Waals surface area contributed by atoms with Gasteiger partial charge >= 0.3 is 0 Å². The molecule has 0 atom stereocenters. The molecule has 12 aromatic carbocycles. The molecule has 2 nitrogen and oxygen atoms in total. The van der Waals surface area contributed by atoms with E-state index in [0.29, 0.717) is 0 Å². The molecule has 2 aromatic heterocycles. The molecule has 0 radical (unpaired) electrons. The van der Waals surface area contributed by atoms with Gasteiger partial charge in [-0.05, 0) is 123 Å². The maximum atomic E-state index is 6.94. The molecular formula is C56H30O2. The monoisotopic (exact) mass is 734 g/mol. The third kappa shape index (κ3) is 4.01. The Morgan fingerprint density at radius 2 is 0.603 bits per heavy atom. The summed E-state index contributed by atoms with van der Waals surface area (Å²) in [7, 11) is 0. The first-order valence-corrected chi connectivity index (χ1v) is 20.0. The van der Waals surface area contributed by atoms with Gasteiger partial charge in [0.2, 0.25) is 0 Å². The highest BCUT2D eigenvalue weighted by molar-refractivity contribution is 6.32. The Bertz CT molecular complexity index is 3820. The maximum absolute atomic E-state index is 6.94. The molecule has 2 heterocycles. The van der Waals surface area contributed by atoms with Crippen molar-refractivity contribution in [3.8, 4) is 22.3 Å². The van der Waals surface area contributed by atoms with Crippen LogP contribution in [0.1, 0.15) is 0 Å². The predicted molar refractivity (Wildman–Crippen MR) is 246 cm³/mol. The highest BCUT2D eigenvalue weighted by Gasteiger charge is 2.23. The fourth-order valence-corrected chi connectivity index (χ4v) is 10.3. The summed E-state index contributed by atoms with van der Waals surface area (Å²) in [4.78, 5) is 0. The first-order chi connectivity index (χ1) is 28.7. The molecule has 58 heavy (non-hydrogen) atoms. The highest BCUT2D eigenvalue weighted by atomic mass is 16.3. The molecule has 0 aliphatic heterocycles. The molecule has 266 valence electrons. The normalized spacial score (nSPS) is 12.5. The van der Waals surface area contributed by atoms with E-state index in [1.807, 2.05) is 0 Å². The molecule has 2 heteroatoms. The Morgan fingerprint density at radius 1 is 0.224 bits per heavy atom. The van der Waals surface area contributed by atoms with Crippen LogP contribution in [0.25, 0.3) is 142 Å². The maximum Gasteiger partial charge on any atom is 0.143 e. The topological polar surface area (TPSA) is 26.3 Å². The van der Waals surface area contributed by atoms with Crippen LogP contribution in [-0.2, 0) is 0 Å².